The average molecular weight is 320 g/mol. The van der Waals surface area contributed by atoms with Gasteiger partial charge >= 0.3 is 11.8 Å². The number of benzene rings is 2. The van der Waals surface area contributed by atoms with Gasteiger partial charge in [0.25, 0.3) is 5.69 Å². The van der Waals surface area contributed by atoms with E-state index in [2.05, 4.69) is 10.6 Å². The molecule has 0 aliphatic rings. The molecule has 0 aliphatic carbocycles. The maximum Gasteiger partial charge on any atom is 0.314 e. The van der Waals surface area contributed by atoms with Crippen LogP contribution in [0.5, 0.6) is 0 Å². The van der Waals surface area contributed by atoms with Gasteiger partial charge in [-0.15, -0.1) is 0 Å². The third-order valence-corrected chi connectivity index (χ3v) is 2.87. The second kappa shape index (κ2) is 6.68. The number of para-hydroxylation sites is 2. The van der Waals surface area contributed by atoms with E-state index in [-0.39, 0.29) is 11.4 Å². The summed E-state index contributed by atoms with van der Waals surface area (Å²) >= 11 is 5.77. The number of nitrogens with zero attached hydrogens (tertiary/aromatic N) is 1. The molecule has 0 fully saturated rings. The standard InChI is InChI=1S/C14H10ClN3O4/c15-9-4-3-5-10(8-9)16-13(19)14(20)17-11-6-1-2-7-12(11)18(21)22/h1-8H,(H,16,19)(H,17,20). The number of amides is 2. The molecule has 0 bridgehead atoms. The topological polar surface area (TPSA) is 101 Å². The van der Waals surface area contributed by atoms with E-state index in [1.807, 2.05) is 0 Å². The lowest BCUT2D eigenvalue weighted by Gasteiger charge is -2.07. The van der Waals surface area contributed by atoms with Crippen molar-refractivity contribution < 1.29 is 14.5 Å². The summed E-state index contributed by atoms with van der Waals surface area (Å²) in [5.74, 6) is -1.98. The fourth-order valence-corrected chi connectivity index (χ4v) is 1.86. The Labute approximate surface area is 130 Å². The van der Waals surface area contributed by atoms with Gasteiger partial charge in [-0.3, -0.25) is 19.7 Å². The van der Waals surface area contributed by atoms with Crippen molar-refractivity contribution in [3.63, 3.8) is 0 Å². The molecule has 2 amide bonds. The minimum Gasteiger partial charge on any atom is -0.318 e. The van der Waals surface area contributed by atoms with Crippen molar-refractivity contribution in [2.24, 2.45) is 0 Å². The second-order valence-corrected chi connectivity index (χ2v) is 4.63. The molecule has 0 heterocycles. The van der Waals surface area contributed by atoms with Gasteiger partial charge in [-0.25, -0.2) is 0 Å². The van der Waals surface area contributed by atoms with E-state index in [9.17, 15) is 19.7 Å². The summed E-state index contributed by atoms with van der Waals surface area (Å²) < 4.78 is 0. The highest BCUT2D eigenvalue weighted by molar-refractivity contribution is 6.44. The predicted octanol–water partition coefficient (Wildman–Crippen LogP) is 2.83. The average Bonchev–Trinajstić information content (AvgIpc) is 2.47. The Hall–Kier alpha value is -2.93. The zero-order valence-electron chi connectivity index (χ0n) is 11.1. The maximum absolute atomic E-state index is 11.8. The van der Waals surface area contributed by atoms with Crippen molar-refractivity contribution in [3.8, 4) is 0 Å². The first-order valence-electron chi connectivity index (χ1n) is 6.08. The van der Waals surface area contributed by atoms with E-state index in [0.29, 0.717) is 10.7 Å². The largest absolute Gasteiger partial charge is 0.318 e. The van der Waals surface area contributed by atoms with E-state index in [4.69, 9.17) is 11.6 Å². The predicted molar refractivity (Wildman–Crippen MR) is 81.8 cm³/mol. The lowest BCUT2D eigenvalue weighted by Crippen LogP contribution is -2.29. The summed E-state index contributed by atoms with van der Waals surface area (Å²) in [6, 6.07) is 11.8. The van der Waals surface area contributed by atoms with Crippen LogP contribution in [-0.2, 0) is 9.59 Å². The summed E-state index contributed by atoms with van der Waals surface area (Å²) in [4.78, 5) is 33.8. The smallest absolute Gasteiger partial charge is 0.314 e. The molecule has 2 aromatic rings. The highest BCUT2D eigenvalue weighted by atomic mass is 35.5. The highest BCUT2D eigenvalue weighted by Crippen LogP contribution is 2.23. The molecule has 0 radical (unpaired) electrons. The molecule has 2 N–H and O–H groups in total. The van der Waals surface area contributed by atoms with Crippen LogP contribution < -0.4 is 10.6 Å². The minimum absolute atomic E-state index is 0.0567. The molecule has 2 aromatic carbocycles. The second-order valence-electron chi connectivity index (χ2n) is 4.19. The maximum atomic E-state index is 11.8. The Balaban J connectivity index is 2.09. The molecule has 7 nitrogen and oxygen atoms in total. The molecule has 0 unspecified atom stereocenters. The number of rotatable bonds is 3. The van der Waals surface area contributed by atoms with Gasteiger partial charge in [0, 0.05) is 16.8 Å². The third kappa shape index (κ3) is 3.80. The lowest BCUT2D eigenvalue weighted by atomic mass is 10.2. The number of nitro benzene ring substituents is 1. The molecule has 8 heteroatoms. The summed E-state index contributed by atoms with van der Waals surface area (Å²) in [7, 11) is 0. The molecule has 0 aliphatic heterocycles. The zero-order valence-corrected chi connectivity index (χ0v) is 11.8. The van der Waals surface area contributed by atoms with Crippen molar-refractivity contribution in [1.82, 2.24) is 0 Å². The van der Waals surface area contributed by atoms with Gasteiger partial charge < -0.3 is 10.6 Å². The minimum atomic E-state index is -1.02. The Morgan fingerprint density at radius 2 is 1.68 bits per heavy atom. The summed E-state index contributed by atoms with van der Waals surface area (Å²) in [5.41, 5.74) is -0.0136. The van der Waals surface area contributed by atoms with Crippen LogP contribution in [-0.4, -0.2) is 16.7 Å². The van der Waals surface area contributed by atoms with Gasteiger partial charge in [0.15, 0.2) is 0 Å². The van der Waals surface area contributed by atoms with Crippen molar-refractivity contribution in [1.29, 1.82) is 0 Å². The number of nitrogens with one attached hydrogen (secondary N) is 2. The first-order chi connectivity index (χ1) is 10.5. The molecule has 0 saturated heterocycles. The fraction of sp³-hybridized carbons (Fsp3) is 0. The monoisotopic (exact) mass is 319 g/mol. The van der Waals surface area contributed by atoms with Gasteiger partial charge in [-0.05, 0) is 24.3 Å². The molecule has 0 atom stereocenters. The van der Waals surface area contributed by atoms with E-state index in [1.165, 1.54) is 30.3 Å². The van der Waals surface area contributed by atoms with Gasteiger partial charge in [0.05, 0.1) is 4.92 Å². The van der Waals surface area contributed by atoms with Gasteiger partial charge in [0.1, 0.15) is 5.69 Å². The molecule has 0 saturated carbocycles. The molecular weight excluding hydrogens is 310 g/mol. The quantitative estimate of drug-likeness (QED) is 0.516. The van der Waals surface area contributed by atoms with Crippen LogP contribution in [0.4, 0.5) is 17.1 Å². The number of carbonyl (C=O) groups excluding carboxylic acids is 2. The summed E-state index contributed by atoms with van der Waals surface area (Å²) in [6.07, 6.45) is 0. The van der Waals surface area contributed by atoms with Crippen molar-refractivity contribution >= 4 is 40.5 Å². The van der Waals surface area contributed by atoms with Gasteiger partial charge in [-0.2, -0.15) is 0 Å². The Morgan fingerprint density at radius 1 is 1.00 bits per heavy atom. The van der Waals surface area contributed by atoms with Crippen LogP contribution in [0.25, 0.3) is 0 Å². The van der Waals surface area contributed by atoms with Crippen molar-refractivity contribution in [2.75, 3.05) is 10.6 Å². The van der Waals surface area contributed by atoms with Crippen LogP contribution in [0.2, 0.25) is 5.02 Å². The van der Waals surface area contributed by atoms with Crippen molar-refractivity contribution in [3.05, 3.63) is 63.7 Å². The number of halogens is 1. The molecule has 2 rings (SSSR count). The molecule has 0 spiro atoms. The van der Waals surface area contributed by atoms with E-state index >= 15 is 0 Å². The SMILES string of the molecule is O=C(Nc1cccc(Cl)c1)C(=O)Nc1ccccc1[N+](=O)[O-]. The van der Waals surface area contributed by atoms with Crippen LogP contribution in [0.15, 0.2) is 48.5 Å². The van der Waals surface area contributed by atoms with E-state index < -0.39 is 16.7 Å². The fourth-order valence-electron chi connectivity index (χ4n) is 1.67. The van der Waals surface area contributed by atoms with Crippen LogP contribution in [0, 0.1) is 10.1 Å². The normalized spacial score (nSPS) is 9.86. The van der Waals surface area contributed by atoms with Crippen LogP contribution >= 0.6 is 11.6 Å². The number of hydrogen-bond acceptors (Lipinski definition) is 4. The Kier molecular flexibility index (Phi) is 4.70. The number of hydrogen-bond donors (Lipinski definition) is 2. The number of carbonyl (C=O) groups is 2. The molecule has 112 valence electrons. The highest BCUT2D eigenvalue weighted by Gasteiger charge is 2.19. The molecule has 22 heavy (non-hydrogen) atoms. The lowest BCUT2D eigenvalue weighted by molar-refractivity contribution is -0.383. The summed E-state index contributed by atoms with van der Waals surface area (Å²) in [6.45, 7) is 0. The van der Waals surface area contributed by atoms with Crippen LogP contribution in [0.1, 0.15) is 0 Å². The molecule has 0 aromatic heterocycles. The van der Waals surface area contributed by atoms with Gasteiger partial charge in [0.2, 0.25) is 0 Å². The first kappa shape index (κ1) is 15.5. The number of anilines is 2. The Bertz CT molecular complexity index is 748. The summed E-state index contributed by atoms with van der Waals surface area (Å²) in [5, 5.41) is 15.8. The van der Waals surface area contributed by atoms with E-state index in [1.54, 1.807) is 18.2 Å². The van der Waals surface area contributed by atoms with E-state index in [0.717, 1.165) is 0 Å². The zero-order chi connectivity index (χ0) is 16.1. The van der Waals surface area contributed by atoms with Gasteiger partial charge in [-0.1, -0.05) is 29.8 Å². The number of nitro groups is 1. The van der Waals surface area contributed by atoms with Crippen LogP contribution in [0.3, 0.4) is 0 Å². The third-order valence-electron chi connectivity index (χ3n) is 2.64. The molecular formula is C14H10ClN3O4. The Morgan fingerprint density at radius 3 is 2.36 bits per heavy atom. The first-order valence-corrected chi connectivity index (χ1v) is 6.46. The van der Waals surface area contributed by atoms with Crippen molar-refractivity contribution in [2.45, 2.75) is 0 Å².